The normalized spacial score (nSPS) is 15.6. The number of rotatable bonds is 2. The lowest BCUT2D eigenvalue weighted by molar-refractivity contribution is 0.723. The zero-order chi connectivity index (χ0) is 13.2. The van der Waals surface area contributed by atoms with Crippen molar-refractivity contribution in [3.63, 3.8) is 0 Å². The summed E-state index contributed by atoms with van der Waals surface area (Å²) in [5.74, 6) is 0.642. The first-order chi connectivity index (χ1) is 9.28. The fourth-order valence-corrected chi connectivity index (χ4v) is 3.13. The Balaban J connectivity index is 2.00. The van der Waals surface area contributed by atoms with E-state index in [0.717, 1.165) is 15.9 Å². The lowest BCUT2D eigenvalue weighted by Gasteiger charge is -2.06. The van der Waals surface area contributed by atoms with Gasteiger partial charge >= 0.3 is 0 Å². The molecule has 0 unspecified atom stereocenters. The van der Waals surface area contributed by atoms with Crippen LogP contribution in [-0.2, 0) is 0 Å². The molecule has 1 aliphatic rings. The molecular formula is C16H15BrN2. The SMILES string of the molecule is N#Cc1cc(C2CCCC2)cn1-c1ccc(Br)cc1. The minimum atomic E-state index is 0.642. The zero-order valence-electron chi connectivity index (χ0n) is 10.6. The lowest BCUT2D eigenvalue weighted by atomic mass is 10.0. The van der Waals surface area contributed by atoms with Crippen molar-refractivity contribution >= 4 is 15.9 Å². The molecule has 3 heteroatoms. The molecule has 19 heavy (non-hydrogen) atoms. The highest BCUT2D eigenvalue weighted by Gasteiger charge is 2.20. The van der Waals surface area contributed by atoms with Gasteiger partial charge in [0.1, 0.15) is 11.8 Å². The molecule has 0 saturated heterocycles. The van der Waals surface area contributed by atoms with Gasteiger partial charge in [0.2, 0.25) is 0 Å². The predicted octanol–water partition coefficient (Wildman–Crippen LogP) is 4.77. The summed E-state index contributed by atoms with van der Waals surface area (Å²) in [6, 6.07) is 12.4. The molecular weight excluding hydrogens is 300 g/mol. The van der Waals surface area contributed by atoms with Crippen molar-refractivity contribution in [3.05, 3.63) is 52.3 Å². The Morgan fingerprint density at radius 2 is 1.84 bits per heavy atom. The topological polar surface area (TPSA) is 28.7 Å². The van der Waals surface area contributed by atoms with Gasteiger partial charge in [0.15, 0.2) is 0 Å². The third-order valence-electron chi connectivity index (χ3n) is 3.89. The van der Waals surface area contributed by atoms with E-state index in [0.29, 0.717) is 5.92 Å². The van der Waals surface area contributed by atoms with Gasteiger partial charge in [-0.2, -0.15) is 5.26 Å². The van der Waals surface area contributed by atoms with Gasteiger partial charge < -0.3 is 4.57 Å². The number of nitriles is 1. The van der Waals surface area contributed by atoms with E-state index in [1.54, 1.807) is 0 Å². The monoisotopic (exact) mass is 314 g/mol. The molecule has 1 aromatic heterocycles. The second kappa shape index (κ2) is 5.22. The van der Waals surface area contributed by atoms with Crippen LogP contribution in [0.15, 0.2) is 41.0 Å². The van der Waals surface area contributed by atoms with Crippen LogP contribution in [0.1, 0.15) is 42.9 Å². The largest absolute Gasteiger partial charge is 0.308 e. The van der Waals surface area contributed by atoms with E-state index in [1.165, 1.54) is 31.2 Å². The van der Waals surface area contributed by atoms with Crippen LogP contribution < -0.4 is 0 Å². The minimum absolute atomic E-state index is 0.642. The molecule has 2 nitrogen and oxygen atoms in total. The van der Waals surface area contributed by atoms with Crippen molar-refractivity contribution in [3.8, 4) is 11.8 Å². The van der Waals surface area contributed by atoms with Crippen LogP contribution in [0.5, 0.6) is 0 Å². The standard InChI is InChI=1S/C16H15BrN2/c17-14-5-7-15(8-6-14)19-11-13(9-16(19)10-18)12-3-1-2-4-12/h5-9,11-12H,1-4H2. The average molecular weight is 315 g/mol. The van der Waals surface area contributed by atoms with Crippen LogP contribution in [0, 0.1) is 11.3 Å². The molecule has 0 radical (unpaired) electrons. The van der Waals surface area contributed by atoms with E-state index >= 15 is 0 Å². The minimum Gasteiger partial charge on any atom is -0.308 e. The van der Waals surface area contributed by atoms with Gasteiger partial charge in [0.25, 0.3) is 0 Å². The first kappa shape index (κ1) is 12.5. The number of benzene rings is 1. The Morgan fingerprint density at radius 1 is 1.16 bits per heavy atom. The Labute approximate surface area is 121 Å². The molecule has 0 aliphatic heterocycles. The highest BCUT2D eigenvalue weighted by Crippen LogP contribution is 2.35. The van der Waals surface area contributed by atoms with Crippen molar-refractivity contribution in [1.82, 2.24) is 4.57 Å². The highest BCUT2D eigenvalue weighted by atomic mass is 79.9. The molecule has 1 aliphatic carbocycles. The van der Waals surface area contributed by atoms with Crippen LogP contribution in [0.4, 0.5) is 0 Å². The first-order valence-electron chi connectivity index (χ1n) is 6.66. The van der Waals surface area contributed by atoms with Gasteiger partial charge in [-0.15, -0.1) is 0 Å². The number of aromatic nitrogens is 1. The maximum atomic E-state index is 9.31. The first-order valence-corrected chi connectivity index (χ1v) is 7.45. The Kier molecular flexibility index (Phi) is 3.44. The molecule has 0 N–H and O–H groups in total. The fraction of sp³-hybridized carbons (Fsp3) is 0.312. The summed E-state index contributed by atoms with van der Waals surface area (Å²) in [5.41, 5.74) is 3.09. The quantitative estimate of drug-likeness (QED) is 0.785. The number of nitrogens with zero attached hydrogens (tertiary/aromatic N) is 2. The van der Waals surface area contributed by atoms with Crippen molar-refractivity contribution in [2.45, 2.75) is 31.6 Å². The van der Waals surface area contributed by atoms with E-state index in [9.17, 15) is 5.26 Å². The third-order valence-corrected chi connectivity index (χ3v) is 4.42. The lowest BCUT2D eigenvalue weighted by Crippen LogP contribution is -1.95. The van der Waals surface area contributed by atoms with Gasteiger partial charge in [0.05, 0.1) is 0 Å². The van der Waals surface area contributed by atoms with Crippen LogP contribution in [0.2, 0.25) is 0 Å². The van der Waals surface area contributed by atoms with Crippen LogP contribution in [-0.4, -0.2) is 4.57 Å². The van der Waals surface area contributed by atoms with Crippen molar-refractivity contribution in [2.24, 2.45) is 0 Å². The zero-order valence-corrected chi connectivity index (χ0v) is 12.2. The van der Waals surface area contributed by atoms with E-state index in [4.69, 9.17) is 0 Å². The summed E-state index contributed by atoms with van der Waals surface area (Å²) in [5, 5.41) is 9.31. The fourth-order valence-electron chi connectivity index (χ4n) is 2.87. The average Bonchev–Trinajstić information content (AvgIpc) is 3.08. The van der Waals surface area contributed by atoms with Gasteiger partial charge in [-0.3, -0.25) is 0 Å². The molecule has 1 heterocycles. The molecule has 1 fully saturated rings. The summed E-state index contributed by atoms with van der Waals surface area (Å²) in [6.07, 6.45) is 7.29. The second-order valence-electron chi connectivity index (χ2n) is 5.10. The molecule has 2 aromatic rings. The third kappa shape index (κ3) is 2.46. The Hall–Kier alpha value is -1.53. The molecule has 0 amide bonds. The van der Waals surface area contributed by atoms with Crippen molar-refractivity contribution < 1.29 is 0 Å². The van der Waals surface area contributed by atoms with Gasteiger partial charge in [-0.25, -0.2) is 0 Å². The molecule has 0 spiro atoms. The van der Waals surface area contributed by atoms with Gasteiger partial charge in [-0.05, 0) is 54.7 Å². The highest BCUT2D eigenvalue weighted by molar-refractivity contribution is 9.10. The van der Waals surface area contributed by atoms with Crippen LogP contribution in [0.25, 0.3) is 5.69 Å². The second-order valence-corrected chi connectivity index (χ2v) is 6.01. The molecule has 0 bridgehead atoms. The summed E-state index contributed by atoms with van der Waals surface area (Å²) in [4.78, 5) is 0. The van der Waals surface area contributed by atoms with E-state index in [1.807, 2.05) is 28.8 Å². The summed E-state index contributed by atoms with van der Waals surface area (Å²) < 4.78 is 3.05. The molecule has 96 valence electrons. The van der Waals surface area contributed by atoms with Gasteiger partial charge in [-0.1, -0.05) is 28.8 Å². The smallest absolute Gasteiger partial charge is 0.125 e. The summed E-state index contributed by atoms with van der Waals surface area (Å²) >= 11 is 3.44. The molecule has 1 saturated carbocycles. The summed E-state index contributed by atoms with van der Waals surface area (Å²) in [7, 11) is 0. The molecule has 3 rings (SSSR count). The van der Waals surface area contributed by atoms with Gasteiger partial charge in [0, 0.05) is 16.4 Å². The molecule has 1 aromatic carbocycles. The Bertz CT molecular complexity index is 613. The van der Waals surface area contributed by atoms with E-state index in [2.05, 4.69) is 34.3 Å². The van der Waals surface area contributed by atoms with Crippen molar-refractivity contribution in [1.29, 1.82) is 5.26 Å². The Morgan fingerprint density at radius 3 is 2.47 bits per heavy atom. The van der Waals surface area contributed by atoms with E-state index < -0.39 is 0 Å². The molecule has 0 atom stereocenters. The van der Waals surface area contributed by atoms with Crippen LogP contribution in [0.3, 0.4) is 0 Å². The summed E-state index contributed by atoms with van der Waals surface area (Å²) in [6.45, 7) is 0. The predicted molar refractivity (Wildman–Crippen MR) is 79.4 cm³/mol. The van der Waals surface area contributed by atoms with E-state index in [-0.39, 0.29) is 0 Å². The number of hydrogen-bond acceptors (Lipinski definition) is 1. The van der Waals surface area contributed by atoms with Crippen molar-refractivity contribution in [2.75, 3.05) is 0 Å². The van der Waals surface area contributed by atoms with Crippen LogP contribution >= 0.6 is 15.9 Å². The number of halogens is 1. The maximum Gasteiger partial charge on any atom is 0.125 e. The maximum absolute atomic E-state index is 9.31. The number of hydrogen-bond donors (Lipinski definition) is 0.